The molecule has 1 saturated heterocycles. The van der Waals surface area contributed by atoms with Crippen LogP contribution in [0.3, 0.4) is 0 Å². The highest BCUT2D eigenvalue weighted by Crippen LogP contribution is 2.34. The number of benzene rings is 1. The Morgan fingerprint density at radius 3 is 2.67 bits per heavy atom. The molecule has 0 N–H and O–H groups in total. The fourth-order valence-corrected chi connectivity index (χ4v) is 3.31. The number of allylic oxidation sites excluding steroid dienone is 1. The van der Waals surface area contributed by atoms with Crippen molar-refractivity contribution in [3.05, 3.63) is 53.2 Å². The minimum absolute atomic E-state index is 0.0116. The molecule has 1 aliphatic heterocycles. The van der Waals surface area contributed by atoms with Gasteiger partial charge in [-0.05, 0) is 37.0 Å². The van der Waals surface area contributed by atoms with Crippen molar-refractivity contribution in [2.45, 2.75) is 46.0 Å². The van der Waals surface area contributed by atoms with E-state index in [0.717, 1.165) is 54.4 Å². The number of likely N-dealkylation sites (tertiary alicyclic amines) is 1. The molecule has 1 aromatic rings. The lowest BCUT2D eigenvalue weighted by Crippen LogP contribution is -2.22. The van der Waals surface area contributed by atoms with E-state index < -0.39 is 0 Å². The second-order valence-electron chi connectivity index (χ2n) is 8.00. The van der Waals surface area contributed by atoms with Crippen molar-refractivity contribution in [3.63, 3.8) is 0 Å². The minimum Gasteiger partial charge on any atom is -0.493 e. The summed E-state index contributed by atoms with van der Waals surface area (Å²) in [5.41, 5.74) is 3.51. The highest BCUT2D eigenvalue weighted by atomic mass is 35.5. The molecule has 1 atom stereocenters. The Morgan fingerprint density at radius 2 is 2.04 bits per heavy atom. The van der Waals surface area contributed by atoms with Gasteiger partial charge in [0.2, 0.25) is 0 Å². The Hall–Kier alpha value is -1.41. The van der Waals surface area contributed by atoms with Gasteiger partial charge in [-0.3, -0.25) is 0 Å². The van der Waals surface area contributed by atoms with E-state index in [1.54, 1.807) is 0 Å². The summed E-state index contributed by atoms with van der Waals surface area (Å²) in [4.78, 5) is 2.37. The third-order valence-electron chi connectivity index (χ3n) is 4.46. The van der Waals surface area contributed by atoms with Crippen LogP contribution in [-0.4, -0.2) is 24.6 Å². The van der Waals surface area contributed by atoms with Crippen LogP contribution >= 0.6 is 11.6 Å². The summed E-state index contributed by atoms with van der Waals surface area (Å²) in [7, 11) is 0. The van der Waals surface area contributed by atoms with Crippen molar-refractivity contribution in [2.24, 2.45) is 5.92 Å². The Morgan fingerprint density at radius 1 is 1.33 bits per heavy atom. The van der Waals surface area contributed by atoms with Gasteiger partial charge < -0.3 is 9.64 Å². The van der Waals surface area contributed by atoms with Crippen molar-refractivity contribution in [1.82, 2.24) is 4.90 Å². The van der Waals surface area contributed by atoms with Gasteiger partial charge in [-0.2, -0.15) is 0 Å². The van der Waals surface area contributed by atoms with Gasteiger partial charge >= 0.3 is 0 Å². The Kier molecular flexibility index (Phi) is 6.03. The molecule has 1 fully saturated rings. The maximum atomic E-state index is 6.18. The molecule has 2 rings (SSSR count). The van der Waals surface area contributed by atoms with Crippen LogP contribution in [0.5, 0.6) is 5.75 Å². The predicted octanol–water partition coefficient (Wildman–Crippen LogP) is 5.82. The quantitative estimate of drug-likeness (QED) is 0.601. The lowest BCUT2D eigenvalue weighted by atomic mass is 9.86. The van der Waals surface area contributed by atoms with Crippen molar-refractivity contribution in [2.75, 3.05) is 19.7 Å². The standard InChI is InChI=1S/C21H30ClNO/c1-15(2)11-16(3)23-10-9-17(13-23)14-24-20-8-7-18(22)12-19(20)21(4,5)6/h7-8,12,17H,1,3,9-11,13-14H2,2,4-6H3. The average molecular weight is 348 g/mol. The molecule has 0 radical (unpaired) electrons. The van der Waals surface area contributed by atoms with Gasteiger partial charge in [0.15, 0.2) is 0 Å². The first-order chi connectivity index (χ1) is 11.2. The zero-order chi connectivity index (χ0) is 17.9. The summed E-state index contributed by atoms with van der Waals surface area (Å²) >= 11 is 6.17. The monoisotopic (exact) mass is 347 g/mol. The van der Waals surface area contributed by atoms with Gasteiger partial charge in [-0.15, -0.1) is 0 Å². The first-order valence-corrected chi connectivity index (χ1v) is 9.04. The average Bonchev–Trinajstić information content (AvgIpc) is 2.93. The Balaban J connectivity index is 1.96. The number of rotatable bonds is 6. The van der Waals surface area contributed by atoms with Crippen LogP contribution in [0.2, 0.25) is 5.02 Å². The van der Waals surface area contributed by atoms with Crippen LogP contribution in [0, 0.1) is 5.92 Å². The minimum atomic E-state index is 0.0116. The fraction of sp³-hybridized carbons (Fsp3) is 0.524. The van der Waals surface area contributed by atoms with E-state index in [4.69, 9.17) is 16.3 Å². The molecule has 0 aliphatic carbocycles. The highest BCUT2D eigenvalue weighted by Gasteiger charge is 2.25. The summed E-state index contributed by atoms with van der Waals surface area (Å²) in [5.74, 6) is 1.49. The zero-order valence-electron chi connectivity index (χ0n) is 15.5. The van der Waals surface area contributed by atoms with E-state index in [1.165, 1.54) is 5.70 Å². The fourth-order valence-electron chi connectivity index (χ4n) is 3.14. The lowest BCUT2D eigenvalue weighted by molar-refractivity contribution is 0.245. The molecule has 1 heterocycles. The molecule has 0 amide bonds. The van der Waals surface area contributed by atoms with E-state index in [1.807, 2.05) is 18.2 Å². The maximum Gasteiger partial charge on any atom is 0.123 e. The molecule has 132 valence electrons. The van der Waals surface area contributed by atoms with E-state index in [2.05, 4.69) is 45.8 Å². The van der Waals surface area contributed by atoms with E-state index in [9.17, 15) is 0 Å². The summed E-state index contributed by atoms with van der Waals surface area (Å²) in [5, 5.41) is 0.760. The van der Waals surface area contributed by atoms with Gasteiger partial charge in [0.1, 0.15) is 5.75 Å². The SMILES string of the molecule is C=C(C)CC(=C)N1CCC(COc2ccc(Cl)cc2C(C)(C)C)C1. The first kappa shape index (κ1) is 18.9. The van der Waals surface area contributed by atoms with Crippen LogP contribution in [0.25, 0.3) is 0 Å². The summed E-state index contributed by atoms with van der Waals surface area (Å²) in [6, 6.07) is 5.92. The van der Waals surface area contributed by atoms with Gasteiger partial charge in [0, 0.05) is 41.7 Å². The first-order valence-electron chi connectivity index (χ1n) is 8.66. The normalized spacial score (nSPS) is 17.9. The summed E-state index contributed by atoms with van der Waals surface area (Å²) in [6.45, 7) is 19.6. The molecule has 1 aromatic carbocycles. The van der Waals surface area contributed by atoms with Crippen LogP contribution in [0.1, 0.15) is 46.1 Å². The van der Waals surface area contributed by atoms with Gasteiger partial charge in [0.05, 0.1) is 6.61 Å². The Bertz CT molecular complexity index is 615. The number of ether oxygens (including phenoxy) is 1. The largest absolute Gasteiger partial charge is 0.493 e. The van der Waals surface area contributed by atoms with Gasteiger partial charge in [-0.25, -0.2) is 0 Å². The molecule has 0 aromatic heterocycles. The number of hydrogen-bond donors (Lipinski definition) is 0. The van der Waals surface area contributed by atoms with Crippen LogP contribution in [0.4, 0.5) is 0 Å². The second-order valence-corrected chi connectivity index (χ2v) is 8.44. The smallest absolute Gasteiger partial charge is 0.123 e. The molecular formula is C21H30ClNO. The molecule has 0 spiro atoms. The Labute approximate surface area is 152 Å². The van der Waals surface area contributed by atoms with Crippen LogP contribution in [0.15, 0.2) is 42.6 Å². The molecule has 2 nitrogen and oxygen atoms in total. The molecule has 1 aliphatic rings. The van der Waals surface area contributed by atoms with Crippen LogP contribution < -0.4 is 4.74 Å². The molecule has 0 saturated carbocycles. The third kappa shape index (κ3) is 5.04. The van der Waals surface area contributed by atoms with E-state index in [0.29, 0.717) is 5.92 Å². The van der Waals surface area contributed by atoms with Crippen molar-refractivity contribution >= 4 is 11.6 Å². The topological polar surface area (TPSA) is 12.5 Å². The molecular weight excluding hydrogens is 318 g/mol. The third-order valence-corrected chi connectivity index (χ3v) is 4.70. The van der Waals surface area contributed by atoms with Gasteiger partial charge in [0.25, 0.3) is 0 Å². The predicted molar refractivity (Wildman–Crippen MR) is 104 cm³/mol. The molecule has 1 unspecified atom stereocenters. The second kappa shape index (κ2) is 7.65. The van der Waals surface area contributed by atoms with Crippen molar-refractivity contribution < 1.29 is 4.74 Å². The number of nitrogens with zero attached hydrogens (tertiary/aromatic N) is 1. The summed E-state index contributed by atoms with van der Waals surface area (Å²) in [6.07, 6.45) is 2.03. The zero-order valence-corrected chi connectivity index (χ0v) is 16.2. The van der Waals surface area contributed by atoms with Crippen molar-refractivity contribution in [1.29, 1.82) is 0 Å². The number of hydrogen-bond acceptors (Lipinski definition) is 2. The summed E-state index contributed by atoms with van der Waals surface area (Å²) < 4.78 is 6.18. The highest BCUT2D eigenvalue weighted by molar-refractivity contribution is 6.30. The molecule has 0 bridgehead atoms. The molecule has 24 heavy (non-hydrogen) atoms. The maximum absolute atomic E-state index is 6.18. The number of halogens is 1. The van der Waals surface area contributed by atoms with Gasteiger partial charge in [-0.1, -0.05) is 51.1 Å². The van der Waals surface area contributed by atoms with E-state index in [-0.39, 0.29) is 5.41 Å². The van der Waals surface area contributed by atoms with E-state index >= 15 is 0 Å². The lowest BCUT2D eigenvalue weighted by Gasteiger charge is -2.24. The molecule has 3 heteroatoms. The van der Waals surface area contributed by atoms with Crippen molar-refractivity contribution in [3.8, 4) is 5.75 Å². The van der Waals surface area contributed by atoms with Crippen LogP contribution in [-0.2, 0) is 5.41 Å².